The van der Waals surface area contributed by atoms with Crippen LogP contribution in [0.25, 0.3) is 0 Å². The highest BCUT2D eigenvalue weighted by Gasteiger charge is 2.18. The summed E-state index contributed by atoms with van der Waals surface area (Å²) in [7, 11) is -4.31. The first kappa shape index (κ1) is 16.5. The van der Waals surface area contributed by atoms with Gasteiger partial charge in [-0.25, -0.2) is 4.79 Å². The van der Waals surface area contributed by atoms with Crippen LogP contribution in [0.4, 0.5) is 10.5 Å². The Morgan fingerprint density at radius 2 is 1.95 bits per heavy atom. The lowest BCUT2D eigenvalue weighted by atomic mass is 10.1. The maximum atomic E-state index is 11.7. The van der Waals surface area contributed by atoms with E-state index in [9.17, 15) is 13.2 Å². The van der Waals surface area contributed by atoms with E-state index < -0.39 is 21.8 Å². The Bertz CT molecular complexity index is 602. The molecule has 0 atom stereocenters. The summed E-state index contributed by atoms with van der Waals surface area (Å²) in [5.41, 5.74) is 0.386. The van der Waals surface area contributed by atoms with Gasteiger partial charge in [0.15, 0.2) is 0 Å². The molecular formula is C13H19NO5S. The first-order chi connectivity index (χ1) is 9.03. The second kappa shape index (κ2) is 5.80. The molecule has 0 aliphatic heterocycles. The van der Waals surface area contributed by atoms with Gasteiger partial charge < -0.3 is 4.74 Å². The van der Waals surface area contributed by atoms with E-state index >= 15 is 0 Å². The third-order valence-corrected chi connectivity index (χ3v) is 3.25. The molecule has 0 spiro atoms. The summed E-state index contributed by atoms with van der Waals surface area (Å²) >= 11 is 0. The van der Waals surface area contributed by atoms with Crippen LogP contribution in [0, 0.1) is 0 Å². The molecule has 0 aromatic heterocycles. The first-order valence-electron chi connectivity index (χ1n) is 6.13. The molecule has 1 aromatic carbocycles. The van der Waals surface area contributed by atoms with Crippen LogP contribution < -0.4 is 5.32 Å². The van der Waals surface area contributed by atoms with Crippen LogP contribution in [0.1, 0.15) is 33.3 Å². The third kappa shape index (κ3) is 4.82. The summed E-state index contributed by atoms with van der Waals surface area (Å²) in [5, 5.41) is 2.49. The van der Waals surface area contributed by atoms with Crippen LogP contribution in [-0.4, -0.2) is 24.7 Å². The van der Waals surface area contributed by atoms with Gasteiger partial charge in [0, 0.05) is 5.69 Å². The molecule has 0 bridgehead atoms. The number of aryl methyl sites for hydroxylation is 1. The molecule has 2 N–H and O–H groups in total. The van der Waals surface area contributed by atoms with Crippen molar-refractivity contribution in [1.82, 2.24) is 0 Å². The van der Waals surface area contributed by atoms with Crippen LogP contribution in [0.2, 0.25) is 0 Å². The number of benzene rings is 1. The minimum atomic E-state index is -4.31. The van der Waals surface area contributed by atoms with Crippen LogP contribution in [0.15, 0.2) is 23.1 Å². The highest BCUT2D eigenvalue weighted by Crippen LogP contribution is 2.22. The van der Waals surface area contributed by atoms with Crippen molar-refractivity contribution in [3.05, 3.63) is 23.8 Å². The van der Waals surface area contributed by atoms with Crippen molar-refractivity contribution in [3.8, 4) is 0 Å². The minimum absolute atomic E-state index is 0.277. The molecule has 0 saturated carbocycles. The number of ether oxygens (including phenoxy) is 1. The van der Waals surface area contributed by atoms with Gasteiger partial charge in [0.05, 0.1) is 4.90 Å². The standard InChI is InChI=1S/C13H19NO5S/c1-5-9-6-7-10(20(16,17)18)8-11(9)14-12(15)19-13(2,3)4/h6-8H,5H2,1-4H3,(H,14,15)(H,16,17,18). The predicted molar refractivity (Wildman–Crippen MR) is 75.5 cm³/mol. The van der Waals surface area contributed by atoms with E-state index in [1.807, 2.05) is 6.92 Å². The lowest BCUT2D eigenvalue weighted by Gasteiger charge is -2.20. The Labute approximate surface area is 118 Å². The third-order valence-electron chi connectivity index (χ3n) is 2.40. The second-order valence-electron chi connectivity index (χ2n) is 5.27. The van der Waals surface area contributed by atoms with Crippen LogP contribution >= 0.6 is 0 Å². The molecule has 6 nitrogen and oxygen atoms in total. The molecule has 0 radical (unpaired) electrons. The second-order valence-corrected chi connectivity index (χ2v) is 6.70. The molecule has 0 heterocycles. The van der Waals surface area contributed by atoms with Crippen LogP contribution in [0.5, 0.6) is 0 Å². The smallest absolute Gasteiger partial charge is 0.412 e. The monoisotopic (exact) mass is 301 g/mol. The van der Waals surface area contributed by atoms with Crippen molar-refractivity contribution < 1.29 is 22.5 Å². The number of rotatable bonds is 3. The Morgan fingerprint density at radius 1 is 1.35 bits per heavy atom. The zero-order valence-corrected chi connectivity index (χ0v) is 12.7. The van der Waals surface area contributed by atoms with Crippen molar-refractivity contribution in [2.75, 3.05) is 5.32 Å². The number of hydrogen-bond acceptors (Lipinski definition) is 4. The molecule has 0 saturated heterocycles. The average molecular weight is 301 g/mol. The fraction of sp³-hybridized carbons (Fsp3) is 0.462. The maximum absolute atomic E-state index is 11.7. The minimum Gasteiger partial charge on any atom is -0.444 e. The Kier molecular flexibility index (Phi) is 4.77. The lowest BCUT2D eigenvalue weighted by molar-refractivity contribution is 0.0635. The molecule has 0 fully saturated rings. The van der Waals surface area contributed by atoms with Gasteiger partial charge >= 0.3 is 6.09 Å². The van der Waals surface area contributed by atoms with Crippen molar-refractivity contribution in [2.24, 2.45) is 0 Å². The number of anilines is 1. The van der Waals surface area contributed by atoms with Gasteiger partial charge in [0.1, 0.15) is 5.60 Å². The number of carbonyl (C=O) groups is 1. The van der Waals surface area contributed by atoms with Crippen molar-refractivity contribution in [2.45, 2.75) is 44.6 Å². The largest absolute Gasteiger partial charge is 0.444 e. The fourth-order valence-electron chi connectivity index (χ4n) is 1.55. The van der Waals surface area contributed by atoms with Gasteiger partial charge in [-0.2, -0.15) is 8.42 Å². The normalized spacial score (nSPS) is 12.1. The zero-order chi connectivity index (χ0) is 15.6. The molecule has 0 aliphatic carbocycles. The maximum Gasteiger partial charge on any atom is 0.412 e. The highest BCUT2D eigenvalue weighted by molar-refractivity contribution is 7.85. The summed E-state index contributed by atoms with van der Waals surface area (Å²) in [5.74, 6) is 0. The van der Waals surface area contributed by atoms with Crippen LogP contribution in [-0.2, 0) is 21.3 Å². The van der Waals surface area contributed by atoms with Gasteiger partial charge in [0.2, 0.25) is 0 Å². The zero-order valence-electron chi connectivity index (χ0n) is 11.9. The van der Waals surface area contributed by atoms with Gasteiger partial charge in [-0.3, -0.25) is 9.87 Å². The predicted octanol–water partition coefficient (Wildman–Crippen LogP) is 2.84. The van der Waals surface area contributed by atoms with E-state index in [1.165, 1.54) is 18.2 Å². The van der Waals surface area contributed by atoms with Gasteiger partial charge in [-0.15, -0.1) is 0 Å². The Morgan fingerprint density at radius 3 is 2.40 bits per heavy atom. The topological polar surface area (TPSA) is 92.7 Å². The summed E-state index contributed by atoms with van der Waals surface area (Å²) < 4.78 is 36.4. The van der Waals surface area contributed by atoms with E-state index in [-0.39, 0.29) is 4.90 Å². The molecule has 1 rings (SSSR count). The van der Waals surface area contributed by atoms with E-state index in [0.717, 1.165) is 5.56 Å². The summed E-state index contributed by atoms with van der Waals surface area (Å²) in [6.07, 6.45) is -0.0867. The quantitative estimate of drug-likeness (QED) is 0.837. The molecule has 0 aliphatic rings. The van der Waals surface area contributed by atoms with E-state index in [0.29, 0.717) is 12.1 Å². The van der Waals surface area contributed by atoms with E-state index in [2.05, 4.69) is 5.32 Å². The molecule has 1 aromatic rings. The number of amides is 1. The summed E-state index contributed by atoms with van der Waals surface area (Å²) in [6, 6.07) is 4.03. The van der Waals surface area contributed by atoms with E-state index in [1.54, 1.807) is 20.8 Å². The number of hydrogen-bond donors (Lipinski definition) is 2. The molecule has 7 heteroatoms. The average Bonchev–Trinajstić information content (AvgIpc) is 2.24. The first-order valence-corrected chi connectivity index (χ1v) is 7.57. The lowest BCUT2D eigenvalue weighted by Crippen LogP contribution is -2.27. The number of nitrogens with one attached hydrogen (secondary N) is 1. The summed E-state index contributed by atoms with van der Waals surface area (Å²) in [4.78, 5) is 11.4. The molecule has 112 valence electrons. The molecular weight excluding hydrogens is 282 g/mol. The number of carbonyl (C=O) groups excluding carboxylic acids is 1. The van der Waals surface area contributed by atoms with Crippen LogP contribution in [0.3, 0.4) is 0 Å². The van der Waals surface area contributed by atoms with Crippen molar-refractivity contribution >= 4 is 21.9 Å². The van der Waals surface area contributed by atoms with Crippen molar-refractivity contribution in [3.63, 3.8) is 0 Å². The Balaban J connectivity index is 3.07. The Hall–Kier alpha value is -1.60. The molecule has 1 amide bonds. The molecule has 0 unspecified atom stereocenters. The van der Waals surface area contributed by atoms with Gasteiger partial charge in [0.25, 0.3) is 10.1 Å². The van der Waals surface area contributed by atoms with E-state index in [4.69, 9.17) is 9.29 Å². The van der Waals surface area contributed by atoms with Crippen molar-refractivity contribution in [1.29, 1.82) is 0 Å². The highest BCUT2D eigenvalue weighted by atomic mass is 32.2. The summed E-state index contributed by atoms with van der Waals surface area (Å²) in [6.45, 7) is 7.04. The fourth-order valence-corrected chi connectivity index (χ4v) is 2.06. The van der Waals surface area contributed by atoms with Gasteiger partial charge in [-0.1, -0.05) is 13.0 Å². The SMILES string of the molecule is CCc1ccc(S(=O)(=O)O)cc1NC(=O)OC(C)(C)C. The molecule has 20 heavy (non-hydrogen) atoms. The van der Waals surface area contributed by atoms with Gasteiger partial charge in [-0.05, 0) is 44.9 Å².